The van der Waals surface area contributed by atoms with Gasteiger partial charge in [-0.1, -0.05) is 64.1 Å². The molecule has 0 saturated heterocycles. The smallest absolute Gasteiger partial charge is 0.358 e. The van der Waals surface area contributed by atoms with E-state index < -0.39 is 9.76 Å². The van der Waals surface area contributed by atoms with E-state index in [0.29, 0.717) is 0 Å². The van der Waals surface area contributed by atoms with Gasteiger partial charge in [-0.2, -0.15) is 0 Å². The van der Waals surface area contributed by atoms with Crippen LogP contribution in [0.4, 0.5) is 0 Å². The highest BCUT2D eigenvalue weighted by Gasteiger charge is 2.32. The fourth-order valence-corrected chi connectivity index (χ4v) is 2.34. The first kappa shape index (κ1) is 19.6. The minimum absolute atomic E-state index is 0.282. The lowest BCUT2D eigenvalue weighted by molar-refractivity contribution is -0.142. The molecular formula is C16H22Cl3NO2. The summed E-state index contributed by atoms with van der Waals surface area (Å²) in [4.78, 5) is 11.2. The zero-order valence-electron chi connectivity index (χ0n) is 12.9. The minimum atomic E-state index is -1.98. The fourth-order valence-electron chi connectivity index (χ4n) is 2.18. The van der Waals surface area contributed by atoms with Crippen LogP contribution in [0.5, 0.6) is 0 Å². The summed E-state index contributed by atoms with van der Waals surface area (Å²) in [6, 6.07) is 6.55. The minimum Gasteiger partial charge on any atom is -0.463 e. The normalized spacial score (nSPS) is 11.5. The van der Waals surface area contributed by atoms with Crippen LogP contribution in [0.2, 0.25) is 0 Å². The van der Waals surface area contributed by atoms with Crippen LogP contribution in [0.3, 0.4) is 0 Å². The average molecular weight is 367 g/mol. The lowest BCUT2D eigenvalue weighted by Crippen LogP contribution is -2.22. The summed E-state index contributed by atoms with van der Waals surface area (Å²) in [7, 11) is 0. The molecule has 124 valence electrons. The van der Waals surface area contributed by atoms with Gasteiger partial charge in [0, 0.05) is 6.54 Å². The number of carbonyl (C=O) groups excluding carboxylic acids is 1. The van der Waals surface area contributed by atoms with Crippen LogP contribution >= 0.6 is 34.8 Å². The Balaban J connectivity index is 2.05. The van der Waals surface area contributed by atoms with Crippen LogP contribution in [0.15, 0.2) is 18.2 Å². The van der Waals surface area contributed by atoms with Crippen molar-refractivity contribution >= 4 is 40.8 Å². The van der Waals surface area contributed by atoms with E-state index in [1.807, 2.05) is 0 Å². The number of benzene rings is 1. The van der Waals surface area contributed by atoms with Gasteiger partial charge in [-0.15, -0.1) is 0 Å². The van der Waals surface area contributed by atoms with Crippen molar-refractivity contribution in [2.24, 2.45) is 0 Å². The lowest BCUT2D eigenvalue weighted by Gasteiger charge is -2.10. The largest absolute Gasteiger partial charge is 0.463 e. The van der Waals surface area contributed by atoms with Crippen LogP contribution < -0.4 is 5.32 Å². The molecule has 0 heterocycles. The van der Waals surface area contributed by atoms with Crippen molar-refractivity contribution in [3.05, 3.63) is 34.9 Å². The van der Waals surface area contributed by atoms with Crippen molar-refractivity contribution in [2.75, 3.05) is 13.2 Å². The molecule has 0 amide bonds. The summed E-state index contributed by atoms with van der Waals surface area (Å²) in [5.41, 5.74) is 3.87. The number of hydrogen-bond acceptors (Lipinski definition) is 3. The second-order valence-corrected chi connectivity index (χ2v) is 7.65. The van der Waals surface area contributed by atoms with Gasteiger partial charge in [-0.25, -0.2) is 4.79 Å². The topological polar surface area (TPSA) is 38.3 Å². The summed E-state index contributed by atoms with van der Waals surface area (Å²) in [5.74, 6) is -0.814. The number of aryl methyl sites for hydroxylation is 2. The van der Waals surface area contributed by atoms with Crippen LogP contribution in [-0.2, 0) is 16.1 Å². The molecule has 0 bridgehead atoms. The Hall–Kier alpha value is -0.480. The van der Waals surface area contributed by atoms with E-state index in [0.717, 1.165) is 32.4 Å². The van der Waals surface area contributed by atoms with E-state index in [-0.39, 0.29) is 6.61 Å². The number of unbranched alkanes of at least 4 members (excludes halogenated alkanes) is 2. The summed E-state index contributed by atoms with van der Waals surface area (Å²) < 4.78 is 2.87. The molecule has 0 saturated carbocycles. The third kappa shape index (κ3) is 8.23. The van der Waals surface area contributed by atoms with Crippen molar-refractivity contribution in [3.8, 4) is 0 Å². The summed E-state index contributed by atoms with van der Waals surface area (Å²) in [6.45, 7) is 6.28. The molecule has 0 spiro atoms. The Kier molecular flexibility index (Phi) is 8.55. The molecule has 1 N–H and O–H groups in total. The molecule has 0 unspecified atom stereocenters. The highest BCUT2D eigenvalue weighted by Crippen LogP contribution is 2.27. The first-order valence-corrected chi connectivity index (χ1v) is 8.44. The van der Waals surface area contributed by atoms with Crippen LogP contribution in [0.25, 0.3) is 0 Å². The molecule has 6 heteroatoms. The molecule has 0 aliphatic heterocycles. The maximum absolute atomic E-state index is 11.2. The molecule has 0 radical (unpaired) electrons. The predicted octanol–water partition coefficient (Wildman–Crippen LogP) is 4.48. The molecule has 1 rings (SSSR count). The van der Waals surface area contributed by atoms with Gasteiger partial charge >= 0.3 is 5.97 Å². The second kappa shape index (κ2) is 9.61. The van der Waals surface area contributed by atoms with Gasteiger partial charge in [-0.3, -0.25) is 0 Å². The second-order valence-electron chi connectivity index (χ2n) is 5.37. The highest BCUT2D eigenvalue weighted by molar-refractivity contribution is 6.75. The van der Waals surface area contributed by atoms with E-state index in [9.17, 15) is 4.79 Å². The summed E-state index contributed by atoms with van der Waals surface area (Å²) in [5, 5.41) is 3.41. The Morgan fingerprint density at radius 2 is 1.73 bits per heavy atom. The van der Waals surface area contributed by atoms with E-state index in [1.54, 1.807) is 0 Å². The monoisotopic (exact) mass is 365 g/mol. The Morgan fingerprint density at radius 1 is 1.09 bits per heavy atom. The number of alkyl halides is 3. The summed E-state index contributed by atoms with van der Waals surface area (Å²) >= 11 is 16.2. The Bertz CT molecular complexity index is 467. The molecular weight excluding hydrogens is 345 g/mol. The van der Waals surface area contributed by atoms with E-state index in [2.05, 4.69) is 37.4 Å². The molecule has 3 nitrogen and oxygen atoms in total. The van der Waals surface area contributed by atoms with Crippen molar-refractivity contribution < 1.29 is 9.53 Å². The molecule has 1 aromatic carbocycles. The Morgan fingerprint density at radius 3 is 2.32 bits per heavy atom. The fraction of sp³-hybridized carbons (Fsp3) is 0.562. The SMILES string of the molecule is Cc1cc(C)cc(CNCCCCCOC(=O)C(Cl)(Cl)Cl)c1. The summed E-state index contributed by atoms with van der Waals surface area (Å²) in [6.07, 6.45) is 2.72. The quantitative estimate of drug-likeness (QED) is 0.419. The maximum atomic E-state index is 11.2. The molecule has 0 fully saturated rings. The highest BCUT2D eigenvalue weighted by atomic mass is 35.6. The standard InChI is InChI=1S/C16H22Cl3NO2/c1-12-8-13(2)10-14(9-12)11-20-6-4-3-5-7-22-15(21)16(17,18)19/h8-10,20H,3-7,11H2,1-2H3. The number of carbonyl (C=O) groups is 1. The van der Waals surface area contributed by atoms with Gasteiger partial charge in [0.1, 0.15) is 0 Å². The lowest BCUT2D eigenvalue weighted by atomic mass is 10.1. The molecule has 0 atom stereocenters. The number of ether oxygens (including phenoxy) is 1. The molecule has 0 aliphatic rings. The number of halogens is 3. The zero-order valence-corrected chi connectivity index (χ0v) is 15.2. The third-order valence-corrected chi connectivity index (χ3v) is 3.54. The average Bonchev–Trinajstić information content (AvgIpc) is 2.39. The van der Waals surface area contributed by atoms with Crippen LogP contribution in [0, 0.1) is 13.8 Å². The molecule has 22 heavy (non-hydrogen) atoms. The van der Waals surface area contributed by atoms with Crippen molar-refractivity contribution in [1.82, 2.24) is 5.32 Å². The molecule has 0 aromatic heterocycles. The van der Waals surface area contributed by atoms with Crippen LogP contribution in [-0.4, -0.2) is 22.9 Å². The Labute approximate surface area is 147 Å². The third-order valence-electron chi connectivity index (χ3n) is 3.07. The van der Waals surface area contributed by atoms with Gasteiger partial charge < -0.3 is 10.1 Å². The number of rotatable bonds is 8. The van der Waals surface area contributed by atoms with Crippen molar-refractivity contribution in [1.29, 1.82) is 0 Å². The maximum Gasteiger partial charge on any atom is 0.358 e. The van der Waals surface area contributed by atoms with Gasteiger partial charge in [0.2, 0.25) is 0 Å². The number of hydrogen-bond donors (Lipinski definition) is 1. The number of esters is 1. The van der Waals surface area contributed by atoms with Crippen LogP contribution in [0.1, 0.15) is 36.0 Å². The van der Waals surface area contributed by atoms with Gasteiger partial charge in [0.25, 0.3) is 3.79 Å². The first-order valence-electron chi connectivity index (χ1n) is 7.31. The van der Waals surface area contributed by atoms with Gasteiger partial charge in [0.05, 0.1) is 6.61 Å². The molecule has 0 aliphatic carbocycles. The zero-order chi connectivity index (χ0) is 16.6. The van der Waals surface area contributed by atoms with E-state index in [4.69, 9.17) is 39.5 Å². The van der Waals surface area contributed by atoms with E-state index in [1.165, 1.54) is 16.7 Å². The predicted molar refractivity (Wildman–Crippen MR) is 92.7 cm³/mol. The van der Waals surface area contributed by atoms with Gasteiger partial charge in [0.15, 0.2) is 0 Å². The first-order chi connectivity index (χ1) is 10.3. The van der Waals surface area contributed by atoms with Crippen molar-refractivity contribution in [3.63, 3.8) is 0 Å². The van der Waals surface area contributed by atoms with Crippen molar-refractivity contribution in [2.45, 2.75) is 43.4 Å². The van der Waals surface area contributed by atoms with E-state index >= 15 is 0 Å². The molecule has 1 aromatic rings. The number of nitrogens with one attached hydrogen (secondary N) is 1. The van der Waals surface area contributed by atoms with Gasteiger partial charge in [-0.05, 0) is 45.2 Å².